The maximum Gasteiger partial charge on any atom is 0.336 e. The summed E-state index contributed by atoms with van der Waals surface area (Å²) in [6.07, 6.45) is 0.464. The van der Waals surface area contributed by atoms with Crippen LogP contribution in [0.25, 0.3) is 0 Å². The number of rotatable bonds is 7. The Morgan fingerprint density at radius 3 is 2.68 bits per heavy atom. The molecule has 1 aromatic rings. The Morgan fingerprint density at radius 2 is 1.94 bits per heavy atom. The second kappa shape index (κ2) is 9.89. The molecule has 3 aliphatic rings. The molecule has 0 saturated carbocycles. The van der Waals surface area contributed by atoms with Crippen LogP contribution in [0.4, 0.5) is 0 Å². The fourth-order valence-corrected chi connectivity index (χ4v) is 4.79. The number of esters is 2. The van der Waals surface area contributed by atoms with Crippen molar-refractivity contribution in [3.05, 3.63) is 46.3 Å². The van der Waals surface area contributed by atoms with E-state index >= 15 is 0 Å². The zero-order valence-electron chi connectivity index (χ0n) is 19.8. The van der Waals surface area contributed by atoms with Crippen molar-refractivity contribution in [2.75, 3.05) is 33.7 Å². The standard InChI is InChI=1S/C25H29NO8/c1-5-31-8-9-32-25(29)20-14(3)26-16-10-13(2)19(24(28)30-4)23(27)22(16)21(20)15-6-7-17-18(11-15)34-12-33-17/h6-7,11,13,19,21,26H,5,8-10,12H2,1-4H3/t13-,19+,21+/m0/s1. The predicted octanol–water partition coefficient (Wildman–Crippen LogP) is 2.61. The van der Waals surface area contributed by atoms with Gasteiger partial charge in [-0.3, -0.25) is 9.59 Å². The second-order valence-electron chi connectivity index (χ2n) is 8.48. The van der Waals surface area contributed by atoms with E-state index < -0.39 is 23.8 Å². The molecule has 9 heteroatoms. The van der Waals surface area contributed by atoms with E-state index in [1.54, 1.807) is 25.1 Å². The minimum atomic E-state index is -0.948. The van der Waals surface area contributed by atoms with Gasteiger partial charge in [-0.2, -0.15) is 0 Å². The van der Waals surface area contributed by atoms with Gasteiger partial charge in [0.2, 0.25) is 6.79 Å². The van der Waals surface area contributed by atoms with Gasteiger partial charge < -0.3 is 29.0 Å². The van der Waals surface area contributed by atoms with Crippen LogP contribution in [0.3, 0.4) is 0 Å². The smallest absolute Gasteiger partial charge is 0.336 e. The molecular formula is C25H29NO8. The van der Waals surface area contributed by atoms with E-state index in [1.807, 2.05) is 13.8 Å². The van der Waals surface area contributed by atoms with Gasteiger partial charge in [-0.25, -0.2) is 4.79 Å². The van der Waals surface area contributed by atoms with Crippen molar-refractivity contribution in [2.45, 2.75) is 33.1 Å². The highest BCUT2D eigenvalue weighted by molar-refractivity contribution is 6.12. The average molecular weight is 472 g/mol. The molecule has 0 radical (unpaired) electrons. The van der Waals surface area contributed by atoms with E-state index in [1.165, 1.54) is 7.11 Å². The first kappa shape index (κ1) is 23.8. The second-order valence-corrected chi connectivity index (χ2v) is 8.48. The van der Waals surface area contributed by atoms with Crippen LogP contribution in [0.1, 0.15) is 38.7 Å². The largest absolute Gasteiger partial charge is 0.468 e. The fourth-order valence-electron chi connectivity index (χ4n) is 4.79. The van der Waals surface area contributed by atoms with Gasteiger partial charge in [-0.1, -0.05) is 13.0 Å². The van der Waals surface area contributed by atoms with E-state index in [9.17, 15) is 14.4 Å². The number of Topliss-reactive ketones (excluding diaryl/α,β-unsaturated/α-hetero) is 1. The lowest BCUT2D eigenvalue weighted by molar-refractivity contribution is -0.151. The molecule has 3 atom stereocenters. The number of dihydropyridines is 1. The highest BCUT2D eigenvalue weighted by Gasteiger charge is 2.47. The first-order valence-corrected chi connectivity index (χ1v) is 11.3. The van der Waals surface area contributed by atoms with Gasteiger partial charge in [0, 0.05) is 29.5 Å². The molecule has 1 N–H and O–H groups in total. The lowest BCUT2D eigenvalue weighted by atomic mass is 9.69. The summed E-state index contributed by atoms with van der Waals surface area (Å²) in [5, 5.41) is 3.24. The number of hydrogen-bond donors (Lipinski definition) is 1. The topological polar surface area (TPSA) is 109 Å². The average Bonchev–Trinajstić information content (AvgIpc) is 3.28. The summed E-state index contributed by atoms with van der Waals surface area (Å²) in [5.41, 5.74) is 2.64. The van der Waals surface area contributed by atoms with Crippen molar-refractivity contribution in [1.82, 2.24) is 5.32 Å². The third kappa shape index (κ3) is 4.27. The fraction of sp³-hybridized carbons (Fsp3) is 0.480. The van der Waals surface area contributed by atoms with Gasteiger partial charge in [-0.05, 0) is 43.9 Å². The van der Waals surface area contributed by atoms with Crippen molar-refractivity contribution in [2.24, 2.45) is 11.8 Å². The van der Waals surface area contributed by atoms with Crippen molar-refractivity contribution in [3.8, 4) is 11.5 Å². The highest BCUT2D eigenvalue weighted by atomic mass is 16.7. The van der Waals surface area contributed by atoms with Crippen LogP contribution in [0.5, 0.6) is 11.5 Å². The molecule has 0 bridgehead atoms. The van der Waals surface area contributed by atoms with Crippen molar-refractivity contribution in [3.63, 3.8) is 0 Å². The van der Waals surface area contributed by atoms with Crippen LogP contribution in [-0.2, 0) is 28.6 Å². The molecule has 34 heavy (non-hydrogen) atoms. The minimum Gasteiger partial charge on any atom is -0.468 e. The quantitative estimate of drug-likeness (QED) is 0.365. The predicted molar refractivity (Wildman–Crippen MR) is 120 cm³/mol. The molecule has 0 fully saturated rings. The lowest BCUT2D eigenvalue weighted by Crippen LogP contribution is -2.43. The molecule has 2 heterocycles. The zero-order valence-corrected chi connectivity index (χ0v) is 19.8. The number of carbonyl (C=O) groups is 3. The zero-order chi connectivity index (χ0) is 24.4. The summed E-state index contributed by atoms with van der Waals surface area (Å²) < 4.78 is 26.7. The molecule has 0 aromatic heterocycles. The van der Waals surface area contributed by atoms with Crippen molar-refractivity contribution < 1.29 is 38.1 Å². The molecule has 182 valence electrons. The van der Waals surface area contributed by atoms with Gasteiger partial charge in [0.25, 0.3) is 0 Å². The third-order valence-corrected chi connectivity index (χ3v) is 6.36. The Bertz CT molecular complexity index is 1070. The first-order valence-electron chi connectivity index (χ1n) is 11.3. The van der Waals surface area contributed by atoms with E-state index in [4.69, 9.17) is 23.7 Å². The number of benzene rings is 1. The lowest BCUT2D eigenvalue weighted by Gasteiger charge is -2.38. The normalized spacial score (nSPS) is 23.4. The molecule has 1 aliphatic carbocycles. The van der Waals surface area contributed by atoms with Crippen LogP contribution in [0.15, 0.2) is 40.7 Å². The third-order valence-electron chi connectivity index (χ3n) is 6.36. The summed E-state index contributed by atoms with van der Waals surface area (Å²) >= 11 is 0. The summed E-state index contributed by atoms with van der Waals surface area (Å²) in [4.78, 5) is 39.5. The van der Waals surface area contributed by atoms with Crippen molar-refractivity contribution in [1.29, 1.82) is 0 Å². The molecule has 0 amide bonds. The van der Waals surface area contributed by atoms with Gasteiger partial charge in [-0.15, -0.1) is 0 Å². The van der Waals surface area contributed by atoms with Crippen LogP contribution in [0, 0.1) is 11.8 Å². The summed E-state index contributed by atoms with van der Waals surface area (Å²) in [7, 11) is 1.27. The monoisotopic (exact) mass is 471 g/mol. The van der Waals surface area contributed by atoms with Crippen LogP contribution in [-0.4, -0.2) is 51.4 Å². The Morgan fingerprint density at radius 1 is 1.18 bits per heavy atom. The summed E-state index contributed by atoms with van der Waals surface area (Å²) in [6, 6.07) is 5.32. The highest BCUT2D eigenvalue weighted by Crippen LogP contribution is 2.47. The molecule has 0 saturated heterocycles. The van der Waals surface area contributed by atoms with Gasteiger partial charge in [0.15, 0.2) is 17.3 Å². The van der Waals surface area contributed by atoms with Crippen LogP contribution < -0.4 is 14.8 Å². The number of fused-ring (bicyclic) bond motifs is 1. The number of nitrogens with one attached hydrogen (secondary N) is 1. The van der Waals surface area contributed by atoms with Crippen LogP contribution in [0.2, 0.25) is 0 Å². The van der Waals surface area contributed by atoms with Gasteiger partial charge in [0.1, 0.15) is 12.5 Å². The number of ketones is 1. The maximum absolute atomic E-state index is 13.7. The molecule has 4 rings (SSSR count). The molecule has 0 unspecified atom stereocenters. The minimum absolute atomic E-state index is 0.0823. The van der Waals surface area contributed by atoms with Gasteiger partial charge >= 0.3 is 11.9 Å². The van der Waals surface area contributed by atoms with E-state index in [-0.39, 0.29) is 31.7 Å². The van der Waals surface area contributed by atoms with E-state index in [0.717, 1.165) is 0 Å². The SMILES string of the molecule is CCOCCOC(=O)C1=C(C)NC2=C(C(=O)[C@H](C(=O)OC)[C@@H](C)C2)[C@@H]1c1ccc2c(c1)OCO2. The number of methoxy groups -OCH3 is 1. The molecule has 0 spiro atoms. The number of hydrogen-bond acceptors (Lipinski definition) is 9. The summed E-state index contributed by atoms with van der Waals surface area (Å²) in [5.74, 6) is -2.32. The van der Waals surface area contributed by atoms with Crippen LogP contribution >= 0.6 is 0 Å². The Kier molecular flexibility index (Phi) is 6.92. The Balaban J connectivity index is 1.78. The summed E-state index contributed by atoms with van der Waals surface area (Å²) in [6.45, 7) is 6.45. The first-order chi connectivity index (χ1) is 16.4. The van der Waals surface area contributed by atoms with Crippen molar-refractivity contribution >= 4 is 17.7 Å². The Hall–Kier alpha value is -3.33. The molecular weight excluding hydrogens is 442 g/mol. The van der Waals surface area contributed by atoms with E-state index in [2.05, 4.69) is 5.32 Å². The number of allylic oxidation sites excluding steroid dienone is 3. The van der Waals surface area contributed by atoms with Gasteiger partial charge in [0.05, 0.1) is 19.3 Å². The number of ether oxygens (including phenoxy) is 5. The molecule has 1 aromatic carbocycles. The molecule has 9 nitrogen and oxygen atoms in total. The number of carbonyl (C=O) groups excluding carboxylic acids is 3. The Labute approximate surface area is 198 Å². The maximum atomic E-state index is 13.7. The molecule has 2 aliphatic heterocycles. The van der Waals surface area contributed by atoms with E-state index in [0.29, 0.717) is 52.6 Å².